The number of rotatable bonds is 3. The number of hydrogen-bond donors (Lipinski definition) is 1. The summed E-state index contributed by atoms with van der Waals surface area (Å²) in [4.78, 5) is 1.28. The van der Waals surface area contributed by atoms with Gasteiger partial charge in [0.25, 0.3) is 0 Å². The van der Waals surface area contributed by atoms with Crippen molar-refractivity contribution in [1.82, 2.24) is 0 Å². The molecule has 0 aliphatic heterocycles. The summed E-state index contributed by atoms with van der Waals surface area (Å²) in [7, 11) is 0. The van der Waals surface area contributed by atoms with E-state index in [1.54, 1.807) is 11.8 Å². The van der Waals surface area contributed by atoms with E-state index in [0.717, 1.165) is 6.42 Å². The molecule has 13 heavy (non-hydrogen) atoms. The minimum atomic E-state index is -0.251. The first-order valence-electron chi connectivity index (χ1n) is 4.45. The highest BCUT2D eigenvalue weighted by atomic mass is 32.2. The standard InChI is InChI=1S/C11H16OS/c1-8-6-11(13-3)5-4-10(8)7-9(2)12/h4-6,9,12H,7H2,1-3H3. The first kappa shape index (κ1) is 10.6. The van der Waals surface area contributed by atoms with E-state index in [-0.39, 0.29) is 6.10 Å². The second kappa shape index (κ2) is 4.68. The van der Waals surface area contributed by atoms with Crippen molar-refractivity contribution < 1.29 is 5.11 Å². The predicted octanol–water partition coefficient (Wildman–Crippen LogP) is 2.64. The maximum absolute atomic E-state index is 9.25. The Bertz CT molecular complexity index is 281. The molecule has 0 aliphatic rings. The van der Waals surface area contributed by atoms with Crippen LogP contribution in [0, 0.1) is 6.92 Å². The molecule has 2 heteroatoms. The highest BCUT2D eigenvalue weighted by Crippen LogP contribution is 2.19. The molecule has 0 fully saturated rings. The Labute approximate surface area is 84.2 Å². The molecule has 0 saturated carbocycles. The molecule has 0 amide bonds. The van der Waals surface area contributed by atoms with E-state index in [1.807, 2.05) is 6.92 Å². The van der Waals surface area contributed by atoms with E-state index in [9.17, 15) is 5.11 Å². The van der Waals surface area contributed by atoms with E-state index in [0.29, 0.717) is 0 Å². The maximum Gasteiger partial charge on any atom is 0.0552 e. The molecule has 1 aromatic carbocycles. The van der Waals surface area contributed by atoms with Crippen LogP contribution in [0.25, 0.3) is 0 Å². The maximum atomic E-state index is 9.25. The van der Waals surface area contributed by atoms with Crippen LogP contribution >= 0.6 is 11.8 Å². The van der Waals surface area contributed by atoms with Gasteiger partial charge in [-0.05, 0) is 49.8 Å². The van der Waals surface area contributed by atoms with Gasteiger partial charge < -0.3 is 5.11 Å². The van der Waals surface area contributed by atoms with Gasteiger partial charge in [-0.2, -0.15) is 0 Å². The molecule has 1 N–H and O–H groups in total. The lowest BCUT2D eigenvalue weighted by Gasteiger charge is -2.08. The predicted molar refractivity (Wildman–Crippen MR) is 58.3 cm³/mol. The Hall–Kier alpha value is -0.470. The van der Waals surface area contributed by atoms with Crippen molar-refractivity contribution in [3.05, 3.63) is 29.3 Å². The second-order valence-electron chi connectivity index (χ2n) is 3.35. The Morgan fingerprint density at radius 2 is 2.15 bits per heavy atom. The van der Waals surface area contributed by atoms with Crippen LogP contribution in [0.3, 0.4) is 0 Å². The zero-order valence-electron chi connectivity index (χ0n) is 8.37. The molecule has 1 atom stereocenters. The normalized spacial score (nSPS) is 12.9. The van der Waals surface area contributed by atoms with E-state index < -0.39 is 0 Å². The van der Waals surface area contributed by atoms with Gasteiger partial charge in [-0.3, -0.25) is 0 Å². The van der Waals surface area contributed by atoms with Crippen molar-refractivity contribution in [2.75, 3.05) is 6.26 Å². The van der Waals surface area contributed by atoms with Crippen molar-refractivity contribution in [1.29, 1.82) is 0 Å². The lowest BCUT2D eigenvalue weighted by Crippen LogP contribution is -2.05. The molecule has 1 aromatic rings. The van der Waals surface area contributed by atoms with Crippen molar-refractivity contribution in [2.45, 2.75) is 31.3 Å². The van der Waals surface area contributed by atoms with Gasteiger partial charge in [0, 0.05) is 4.90 Å². The molecular weight excluding hydrogens is 180 g/mol. The third-order valence-electron chi connectivity index (χ3n) is 2.07. The number of aliphatic hydroxyl groups excluding tert-OH is 1. The van der Waals surface area contributed by atoms with E-state index in [4.69, 9.17) is 0 Å². The van der Waals surface area contributed by atoms with Gasteiger partial charge in [0.15, 0.2) is 0 Å². The minimum absolute atomic E-state index is 0.251. The third-order valence-corrected chi connectivity index (χ3v) is 2.79. The molecule has 0 saturated heterocycles. The van der Waals surface area contributed by atoms with Crippen molar-refractivity contribution in [3.8, 4) is 0 Å². The fraction of sp³-hybridized carbons (Fsp3) is 0.455. The lowest BCUT2D eigenvalue weighted by molar-refractivity contribution is 0.195. The number of thioether (sulfide) groups is 1. The van der Waals surface area contributed by atoms with Crippen molar-refractivity contribution in [3.63, 3.8) is 0 Å². The number of hydrogen-bond acceptors (Lipinski definition) is 2. The van der Waals surface area contributed by atoms with Gasteiger partial charge in [0.05, 0.1) is 6.10 Å². The number of aryl methyl sites for hydroxylation is 1. The average molecular weight is 196 g/mol. The lowest BCUT2D eigenvalue weighted by atomic mass is 10.0. The van der Waals surface area contributed by atoms with Crippen molar-refractivity contribution in [2.24, 2.45) is 0 Å². The second-order valence-corrected chi connectivity index (χ2v) is 4.23. The van der Waals surface area contributed by atoms with Crippen LogP contribution in [0.5, 0.6) is 0 Å². The Kier molecular flexibility index (Phi) is 3.82. The van der Waals surface area contributed by atoms with Gasteiger partial charge in [-0.25, -0.2) is 0 Å². The fourth-order valence-corrected chi connectivity index (χ4v) is 1.84. The molecule has 0 heterocycles. The molecule has 0 radical (unpaired) electrons. The monoisotopic (exact) mass is 196 g/mol. The smallest absolute Gasteiger partial charge is 0.0552 e. The molecule has 72 valence electrons. The van der Waals surface area contributed by atoms with Gasteiger partial charge in [0.1, 0.15) is 0 Å². The number of benzene rings is 1. The summed E-state index contributed by atoms with van der Waals surface area (Å²) in [5.74, 6) is 0. The Morgan fingerprint density at radius 1 is 1.46 bits per heavy atom. The summed E-state index contributed by atoms with van der Waals surface area (Å²) < 4.78 is 0. The van der Waals surface area contributed by atoms with Gasteiger partial charge in [-0.15, -0.1) is 11.8 Å². The summed E-state index contributed by atoms with van der Waals surface area (Å²) in [6, 6.07) is 6.38. The van der Waals surface area contributed by atoms with Crippen LogP contribution < -0.4 is 0 Å². The van der Waals surface area contributed by atoms with Crippen LogP contribution in [-0.4, -0.2) is 17.5 Å². The number of aliphatic hydroxyl groups is 1. The molecular formula is C11H16OS. The van der Waals surface area contributed by atoms with Crippen LogP contribution in [0.2, 0.25) is 0 Å². The Morgan fingerprint density at radius 3 is 2.62 bits per heavy atom. The summed E-state index contributed by atoms with van der Waals surface area (Å²) in [6.45, 7) is 3.92. The summed E-state index contributed by atoms with van der Waals surface area (Å²) in [5, 5.41) is 9.25. The topological polar surface area (TPSA) is 20.2 Å². The van der Waals surface area contributed by atoms with Crippen LogP contribution in [0.15, 0.2) is 23.1 Å². The van der Waals surface area contributed by atoms with Gasteiger partial charge in [-0.1, -0.05) is 6.07 Å². The molecule has 0 spiro atoms. The fourth-order valence-electron chi connectivity index (χ4n) is 1.34. The molecule has 1 unspecified atom stereocenters. The quantitative estimate of drug-likeness (QED) is 0.750. The first-order valence-corrected chi connectivity index (χ1v) is 5.67. The van der Waals surface area contributed by atoms with Gasteiger partial charge in [0.2, 0.25) is 0 Å². The summed E-state index contributed by atoms with van der Waals surface area (Å²) >= 11 is 1.75. The highest BCUT2D eigenvalue weighted by molar-refractivity contribution is 7.98. The molecule has 1 rings (SSSR count). The molecule has 0 bridgehead atoms. The third kappa shape index (κ3) is 3.05. The van der Waals surface area contributed by atoms with Crippen molar-refractivity contribution >= 4 is 11.8 Å². The van der Waals surface area contributed by atoms with Gasteiger partial charge >= 0.3 is 0 Å². The average Bonchev–Trinajstić information content (AvgIpc) is 2.08. The largest absolute Gasteiger partial charge is 0.393 e. The first-order chi connectivity index (χ1) is 6.13. The highest BCUT2D eigenvalue weighted by Gasteiger charge is 2.02. The van der Waals surface area contributed by atoms with Crippen LogP contribution in [0.1, 0.15) is 18.1 Å². The van der Waals surface area contributed by atoms with E-state index in [1.165, 1.54) is 16.0 Å². The zero-order chi connectivity index (χ0) is 9.84. The SMILES string of the molecule is CSc1ccc(CC(C)O)c(C)c1. The van der Waals surface area contributed by atoms with E-state index >= 15 is 0 Å². The summed E-state index contributed by atoms with van der Waals surface area (Å²) in [5.41, 5.74) is 2.51. The van der Waals surface area contributed by atoms with Crippen LogP contribution in [0.4, 0.5) is 0 Å². The molecule has 1 nitrogen and oxygen atoms in total. The molecule has 0 aliphatic carbocycles. The van der Waals surface area contributed by atoms with Crippen LogP contribution in [-0.2, 0) is 6.42 Å². The summed E-state index contributed by atoms with van der Waals surface area (Å²) in [6.07, 6.45) is 2.57. The molecule has 0 aromatic heterocycles. The minimum Gasteiger partial charge on any atom is -0.393 e. The zero-order valence-corrected chi connectivity index (χ0v) is 9.19. The Balaban J connectivity index is 2.85. The van der Waals surface area contributed by atoms with E-state index in [2.05, 4.69) is 31.4 Å².